The SMILES string of the molecule is N#CNC(=NC1CCCCC1)N1CC(N2CCCC2=O)C(c2ccc(Cl)s2)=N1. The summed E-state index contributed by atoms with van der Waals surface area (Å²) in [4.78, 5) is 20.0. The van der Waals surface area contributed by atoms with Gasteiger partial charge >= 0.3 is 0 Å². The minimum Gasteiger partial charge on any atom is -0.332 e. The van der Waals surface area contributed by atoms with E-state index in [2.05, 4.69) is 5.32 Å². The highest BCUT2D eigenvalue weighted by Gasteiger charge is 2.39. The van der Waals surface area contributed by atoms with Gasteiger partial charge in [-0.1, -0.05) is 30.9 Å². The second-order valence-electron chi connectivity index (χ2n) is 7.36. The second-order valence-corrected chi connectivity index (χ2v) is 9.07. The number of hydrazone groups is 1. The molecule has 1 saturated carbocycles. The van der Waals surface area contributed by atoms with E-state index in [1.54, 1.807) is 5.01 Å². The molecule has 1 amide bonds. The lowest BCUT2D eigenvalue weighted by Crippen LogP contribution is -2.46. The van der Waals surface area contributed by atoms with Crippen molar-refractivity contribution in [1.82, 2.24) is 15.2 Å². The second kappa shape index (κ2) is 8.50. The van der Waals surface area contributed by atoms with Crippen LogP contribution < -0.4 is 5.32 Å². The maximum absolute atomic E-state index is 12.4. The Bertz CT molecular complexity index is 838. The van der Waals surface area contributed by atoms with Gasteiger partial charge < -0.3 is 4.90 Å². The topological polar surface area (TPSA) is 84.1 Å². The van der Waals surface area contributed by atoms with Crippen molar-refractivity contribution in [1.29, 1.82) is 5.26 Å². The van der Waals surface area contributed by atoms with Crippen LogP contribution in [-0.4, -0.2) is 52.7 Å². The van der Waals surface area contributed by atoms with Crippen molar-refractivity contribution in [2.75, 3.05) is 13.1 Å². The van der Waals surface area contributed by atoms with E-state index in [0.717, 1.165) is 36.4 Å². The fourth-order valence-electron chi connectivity index (χ4n) is 4.13. The van der Waals surface area contributed by atoms with Gasteiger partial charge in [0.05, 0.1) is 27.8 Å². The van der Waals surface area contributed by atoms with Crippen LogP contribution in [0.4, 0.5) is 0 Å². The predicted molar refractivity (Wildman–Crippen MR) is 110 cm³/mol. The Hall–Kier alpha value is -2.11. The summed E-state index contributed by atoms with van der Waals surface area (Å²) in [5.74, 6) is 0.630. The Morgan fingerprint density at radius 2 is 2.14 bits per heavy atom. The number of aliphatic imine (C=N–C) groups is 1. The molecule has 2 aliphatic heterocycles. The molecule has 3 heterocycles. The molecular weight excluding hydrogens is 396 g/mol. The van der Waals surface area contributed by atoms with Crippen LogP contribution in [0.3, 0.4) is 0 Å². The number of halogens is 1. The third kappa shape index (κ3) is 4.01. The van der Waals surface area contributed by atoms with E-state index in [9.17, 15) is 10.1 Å². The summed E-state index contributed by atoms with van der Waals surface area (Å²) >= 11 is 7.60. The Kier molecular flexibility index (Phi) is 5.83. The smallest absolute Gasteiger partial charge is 0.228 e. The van der Waals surface area contributed by atoms with Gasteiger partial charge in [0.1, 0.15) is 5.71 Å². The minimum absolute atomic E-state index is 0.151. The number of hydrogen-bond acceptors (Lipinski definition) is 5. The zero-order valence-corrected chi connectivity index (χ0v) is 17.2. The van der Waals surface area contributed by atoms with Crippen molar-refractivity contribution < 1.29 is 4.79 Å². The lowest BCUT2D eigenvalue weighted by Gasteiger charge is -2.26. The molecule has 2 fully saturated rings. The van der Waals surface area contributed by atoms with Gasteiger partial charge in [-0.15, -0.1) is 11.3 Å². The average molecular weight is 419 g/mol. The molecule has 148 valence electrons. The van der Waals surface area contributed by atoms with Crippen molar-refractivity contribution in [3.63, 3.8) is 0 Å². The number of carbonyl (C=O) groups excluding carboxylic acids is 1. The van der Waals surface area contributed by atoms with Crippen LogP contribution >= 0.6 is 22.9 Å². The van der Waals surface area contributed by atoms with Crippen molar-refractivity contribution in [2.45, 2.75) is 57.0 Å². The zero-order chi connectivity index (χ0) is 19.5. The normalized spacial score (nSPS) is 23.9. The number of likely N-dealkylation sites (tertiary alicyclic amines) is 1. The van der Waals surface area contributed by atoms with Crippen LogP contribution in [0.5, 0.6) is 0 Å². The van der Waals surface area contributed by atoms with E-state index in [1.807, 2.05) is 23.2 Å². The summed E-state index contributed by atoms with van der Waals surface area (Å²) in [7, 11) is 0. The van der Waals surface area contributed by atoms with Gasteiger partial charge in [0.25, 0.3) is 0 Å². The summed E-state index contributed by atoms with van der Waals surface area (Å²) in [6, 6.07) is 3.85. The van der Waals surface area contributed by atoms with Gasteiger partial charge in [-0.05, 0) is 31.4 Å². The Morgan fingerprint density at radius 1 is 1.32 bits per heavy atom. The number of nitriles is 1. The summed E-state index contributed by atoms with van der Waals surface area (Å²) in [6.07, 6.45) is 9.10. The number of rotatable bonds is 3. The highest BCUT2D eigenvalue weighted by Crippen LogP contribution is 2.29. The van der Waals surface area contributed by atoms with Crippen LogP contribution in [0.25, 0.3) is 0 Å². The molecule has 0 aromatic carbocycles. The van der Waals surface area contributed by atoms with Crippen molar-refractivity contribution in [3.05, 3.63) is 21.3 Å². The number of amides is 1. The summed E-state index contributed by atoms with van der Waals surface area (Å²) in [5.41, 5.74) is 0.822. The maximum Gasteiger partial charge on any atom is 0.228 e. The third-order valence-electron chi connectivity index (χ3n) is 5.49. The monoisotopic (exact) mass is 418 g/mol. The molecule has 7 nitrogen and oxygen atoms in total. The van der Waals surface area contributed by atoms with E-state index < -0.39 is 0 Å². The predicted octanol–water partition coefficient (Wildman–Crippen LogP) is 3.17. The van der Waals surface area contributed by atoms with Gasteiger partial charge in [-0.3, -0.25) is 10.1 Å². The van der Waals surface area contributed by atoms with Crippen LogP contribution in [0.15, 0.2) is 22.2 Å². The zero-order valence-electron chi connectivity index (χ0n) is 15.6. The Morgan fingerprint density at radius 3 is 2.79 bits per heavy atom. The molecule has 0 radical (unpaired) electrons. The van der Waals surface area contributed by atoms with Crippen molar-refractivity contribution in [3.8, 4) is 6.19 Å². The molecule has 4 rings (SSSR count). The summed E-state index contributed by atoms with van der Waals surface area (Å²) in [6.45, 7) is 1.23. The molecule has 3 aliphatic rings. The largest absolute Gasteiger partial charge is 0.332 e. The molecule has 1 atom stereocenters. The van der Waals surface area contributed by atoms with Crippen LogP contribution in [0.2, 0.25) is 4.34 Å². The lowest BCUT2D eigenvalue weighted by atomic mass is 9.96. The molecule has 9 heteroatoms. The quantitative estimate of drug-likeness (QED) is 0.353. The standard InChI is InChI=1S/C19H23ClN6OS/c20-16-9-8-15(28-16)18-14(25-10-4-7-17(25)27)11-26(24-18)19(22-12-21)23-13-5-2-1-3-6-13/h8-9,13-14H,1-7,10-11H2,(H,22,23). The molecule has 1 saturated heterocycles. The molecule has 1 unspecified atom stereocenters. The molecule has 1 N–H and O–H groups in total. The van der Waals surface area contributed by atoms with E-state index >= 15 is 0 Å². The summed E-state index contributed by atoms with van der Waals surface area (Å²) in [5, 5.41) is 18.5. The Labute approximate surface area is 173 Å². The van der Waals surface area contributed by atoms with Crippen LogP contribution in [0.1, 0.15) is 49.8 Å². The number of carbonyl (C=O) groups is 1. The van der Waals surface area contributed by atoms with Gasteiger partial charge in [-0.25, -0.2) is 10.0 Å². The minimum atomic E-state index is -0.151. The first-order chi connectivity index (χ1) is 13.7. The molecule has 0 spiro atoms. The summed E-state index contributed by atoms with van der Waals surface area (Å²) < 4.78 is 0.689. The number of nitrogens with one attached hydrogen (secondary N) is 1. The molecule has 1 aromatic heterocycles. The molecule has 28 heavy (non-hydrogen) atoms. The molecule has 1 aromatic rings. The lowest BCUT2D eigenvalue weighted by molar-refractivity contribution is -0.128. The number of thiophene rings is 1. The van der Waals surface area contributed by atoms with E-state index in [-0.39, 0.29) is 18.0 Å². The number of guanidine groups is 1. The maximum atomic E-state index is 12.4. The first-order valence-corrected chi connectivity index (χ1v) is 11.0. The molecule has 0 bridgehead atoms. The highest BCUT2D eigenvalue weighted by atomic mass is 35.5. The van der Waals surface area contributed by atoms with Crippen molar-refractivity contribution in [2.24, 2.45) is 10.1 Å². The number of nitrogens with zero attached hydrogens (tertiary/aromatic N) is 5. The average Bonchev–Trinajstić information content (AvgIpc) is 3.41. The number of hydrogen-bond donors (Lipinski definition) is 1. The molecular formula is C19H23ClN6OS. The molecule has 1 aliphatic carbocycles. The third-order valence-corrected chi connectivity index (χ3v) is 6.75. The van der Waals surface area contributed by atoms with Gasteiger partial charge in [0.2, 0.25) is 11.9 Å². The highest BCUT2D eigenvalue weighted by molar-refractivity contribution is 7.18. The van der Waals surface area contributed by atoms with Crippen LogP contribution in [0, 0.1) is 11.5 Å². The van der Waals surface area contributed by atoms with E-state index in [0.29, 0.717) is 23.3 Å². The van der Waals surface area contributed by atoms with Crippen LogP contribution in [-0.2, 0) is 4.79 Å². The van der Waals surface area contributed by atoms with Crippen molar-refractivity contribution >= 4 is 40.5 Å². The fourth-order valence-corrected chi connectivity index (χ4v) is 5.20. The van der Waals surface area contributed by atoms with Gasteiger partial charge in [0, 0.05) is 13.0 Å². The first-order valence-electron chi connectivity index (χ1n) is 9.80. The Balaban J connectivity index is 1.64. The van der Waals surface area contributed by atoms with E-state index in [1.165, 1.54) is 30.6 Å². The van der Waals surface area contributed by atoms with Gasteiger partial charge in [-0.2, -0.15) is 10.4 Å². The first kappa shape index (κ1) is 19.2. The van der Waals surface area contributed by atoms with E-state index in [4.69, 9.17) is 21.7 Å². The van der Waals surface area contributed by atoms with Gasteiger partial charge in [0.15, 0.2) is 6.19 Å². The fraction of sp³-hybridized carbons (Fsp3) is 0.579.